The summed E-state index contributed by atoms with van der Waals surface area (Å²) in [5, 5.41) is 0. The van der Waals surface area contributed by atoms with E-state index < -0.39 is 80.4 Å². The van der Waals surface area contributed by atoms with E-state index >= 15 is 17.6 Å². The molecular formula is C42H16F10N6. The van der Waals surface area contributed by atoms with Crippen molar-refractivity contribution in [2.24, 2.45) is 20.0 Å². The molecule has 0 N–H and O–H groups in total. The van der Waals surface area contributed by atoms with Crippen molar-refractivity contribution < 1.29 is 43.9 Å². The molecule has 0 unspecified atom stereocenters. The van der Waals surface area contributed by atoms with Crippen LogP contribution in [-0.4, -0.2) is 32.8 Å². The highest BCUT2D eigenvalue weighted by atomic mass is 19.2. The summed E-state index contributed by atoms with van der Waals surface area (Å²) in [6.07, 6.45) is 16.1. The van der Waals surface area contributed by atoms with Gasteiger partial charge in [-0.2, -0.15) is 0 Å². The van der Waals surface area contributed by atoms with Crippen molar-refractivity contribution >= 4 is 45.1 Å². The summed E-state index contributed by atoms with van der Waals surface area (Å²) in [5.74, 6) is -22.2. The molecule has 0 amide bonds. The second-order valence-corrected chi connectivity index (χ2v) is 12.7. The van der Waals surface area contributed by atoms with Crippen molar-refractivity contribution in [2.75, 3.05) is 0 Å². The van der Waals surface area contributed by atoms with Crippen molar-refractivity contribution in [2.45, 2.75) is 0 Å². The van der Waals surface area contributed by atoms with Crippen LogP contribution in [0.2, 0.25) is 0 Å². The number of fused-ring (bicyclic) bond motifs is 4. The largest absolute Gasteiger partial charge is 0.265 e. The molecule has 0 atom stereocenters. The van der Waals surface area contributed by atoms with Crippen molar-refractivity contribution in [3.8, 4) is 0 Å². The molecule has 0 saturated heterocycles. The lowest BCUT2D eigenvalue weighted by Crippen LogP contribution is -2.11. The summed E-state index contributed by atoms with van der Waals surface area (Å²) in [6, 6.07) is 6.08. The van der Waals surface area contributed by atoms with Crippen molar-refractivity contribution in [1.29, 1.82) is 0 Å². The molecule has 9 rings (SSSR count). The van der Waals surface area contributed by atoms with E-state index in [0.717, 1.165) is 0 Å². The van der Waals surface area contributed by atoms with Crippen LogP contribution in [0.25, 0.3) is 22.3 Å². The van der Waals surface area contributed by atoms with Crippen LogP contribution in [0, 0.1) is 58.2 Å². The molecule has 2 aromatic heterocycles. The van der Waals surface area contributed by atoms with E-state index in [1.807, 2.05) is 0 Å². The van der Waals surface area contributed by atoms with Crippen LogP contribution in [0.15, 0.2) is 140 Å². The molecule has 5 aliphatic rings. The maximum absolute atomic E-state index is 15.7. The van der Waals surface area contributed by atoms with Gasteiger partial charge in [-0.3, -0.25) is 9.97 Å². The quantitative estimate of drug-likeness (QED) is 0.117. The van der Waals surface area contributed by atoms with Crippen LogP contribution in [0.1, 0.15) is 22.3 Å². The van der Waals surface area contributed by atoms with Crippen LogP contribution in [0.3, 0.4) is 0 Å². The predicted octanol–water partition coefficient (Wildman–Crippen LogP) is 9.87. The van der Waals surface area contributed by atoms with Gasteiger partial charge in [-0.1, -0.05) is 0 Å². The lowest BCUT2D eigenvalue weighted by Gasteiger charge is -2.14. The summed E-state index contributed by atoms with van der Waals surface area (Å²) in [5.41, 5.74) is -3.84. The SMILES string of the molecule is Fc1c(F)c(F)c(C2=C3C=CC(=N3)C(c3ccncc3)=C3C=CC(=N3)C(c3c(F)c(F)c(F)c(F)c3F)=C3C=CC(=N3)C(c3ccncc3)=C3C=CC2=N3)c(F)c1F. The fraction of sp³-hybridized carbons (Fsp3) is 0. The first-order valence-electron chi connectivity index (χ1n) is 16.8. The normalized spacial score (nSPS) is 17.0. The van der Waals surface area contributed by atoms with E-state index in [2.05, 4.69) is 29.9 Å². The second-order valence-electron chi connectivity index (χ2n) is 12.7. The Morgan fingerprint density at radius 1 is 0.276 bits per heavy atom. The predicted molar refractivity (Wildman–Crippen MR) is 195 cm³/mol. The maximum atomic E-state index is 15.7. The Morgan fingerprint density at radius 3 is 0.810 bits per heavy atom. The van der Waals surface area contributed by atoms with Crippen molar-refractivity contribution in [3.63, 3.8) is 0 Å². The van der Waals surface area contributed by atoms with Gasteiger partial charge in [-0.05, 0) is 84.0 Å². The molecule has 58 heavy (non-hydrogen) atoms. The monoisotopic (exact) mass is 794 g/mol. The standard InChI is InChI=1S/C42H16F10N6/c43-33-31(34(44)38(48)41(51)37(33)47)29-23-5-1-19(55-23)27(17-9-13-53-14-10-17)20-2-6-25(56-20)30(32-35(45)39(49)42(52)40(50)36(32)46)26-8-4-22(58-26)28(18-11-15-54-16-12-18)21-3-7-24(29)57-21/h1-16H. The van der Waals surface area contributed by atoms with Crippen molar-refractivity contribution in [3.05, 3.63) is 201 Å². The summed E-state index contributed by atoms with van der Waals surface area (Å²) in [6.45, 7) is 0. The lowest BCUT2D eigenvalue weighted by atomic mass is 9.97. The Morgan fingerprint density at radius 2 is 0.517 bits per heavy atom. The second kappa shape index (κ2) is 13.7. The Kier molecular flexibility index (Phi) is 8.56. The van der Waals surface area contributed by atoms with Crippen LogP contribution in [0.4, 0.5) is 43.9 Å². The fourth-order valence-electron chi connectivity index (χ4n) is 6.88. The molecule has 0 spiro atoms. The fourth-order valence-corrected chi connectivity index (χ4v) is 6.88. The molecule has 5 aliphatic heterocycles. The summed E-state index contributed by atoms with van der Waals surface area (Å²) >= 11 is 0. The highest BCUT2D eigenvalue weighted by Gasteiger charge is 2.35. The molecule has 2 aromatic carbocycles. The van der Waals surface area contributed by atoms with Crippen LogP contribution in [0.5, 0.6) is 0 Å². The average molecular weight is 795 g/mol. The van der Waals surface area contributed by atoms with Gasteiger partial charge in [-0.15, -0.1) is 0 Å². The Hall–Kier alpha value is -7.36. The number of aliphatic imine (C=N–C) groups is 4. The van der Waals surface area contributed by atoms with Crippen LogP contribution in [-0.2, 0) is 0 Å². The van der Waals surface area contributed by atoms with Gasteiger partial charge in [0.05, 0.1) is 56.8 Å². The molecule has 0 radical (unpaired) electrons. The molecule has 6 nitrogen and oxygen atoms in total. The van der Waals surface area contributed by atoms with E-state index in [-0.39, 0.29) is 56.8 Å². The molecule has 7 heterocycles. The van der Waals surface area contributed by atoms with Gasteiger partial charge in [0.2, 0.25) is 11.6 Å². The summed E-state index contributed by atoms with van der Waals surface area (Å²) in [7, 11) is 0. The van der Waals surface area contributed by atoms with Gasteiger partial charge in [-0.25, -0.2) is 63.9 Å². The Labute approximate surface area is 319 Å². The highest BCUT2D eigenvalue weighted by Crippen LogP contribution is 2.41. The van der Waals surface area contributed by atoms with E-state index in [4.69, 9.17) is 0 Å². The zero-order valence-corrected chi connectivity index (χ0v) is 28.7. The third kappa shape index (κ3) is 5.58. The minimum atomic E-state index is -2.38. The third-order valence-electron chi connectivity index (χ3n) is 9.47. The average Bonchev–Trinajstić information content (AvgIpc) is 4.09. The highest BCUT2D eigenvalue weighted by molar-refractivity contribution is 6.39. The van der Waals surface area contributed by atoms with Crippen molar-refractivity contribution in [1.82, 2.24) is 9.97 Å². The number of hydrogen-bond donors (Lipinski definition) is 0. The zero-order chi connectivity index (χ0) is 40.6. The smallest absolute Gasteiger partial charge is 0.200 e. The molecular weight excluding hydrogens is 778 g/mol. The number of aromatic nitrogens is 2. The number of allylic oxidation sites excluding steroid dienone is 12. The number of benzene rings is 2. The van der Waals surface area contributed by atoms with Gasteiger partial charge in [0.15, 0.2) is 46.5 Å². The molecule has 0 saturated carbocycles. The minimum absolute atomic E-state index is 0.0154. The van der Waals surface area contributed by atoms with Gasteiger partial charge in [0, 0.05) is 47.1 Å². The maximum Gasteiger partial charge on any atom is 0.200 e. The first kappa shape index (κ1) is 36.3. The molecule has 8 bridgehead atoms. The van der Waals surface area contributed by atoms with E-state index in [9.17, 15) is 26.3 Å². The van der Waals surface area contributed by atoms with E-state index in [1.165, 1.54) is 97.7 Å². The molecule has 0 fully saturated rings. The number of pyridine rings is 2. The number of hydrogen-bond acceptors (Lipinski definition) is 6. The number of halogens is 10. The molecule has 4 aromatic rings. The minimum Gasteiger partial charge on any atom is -0.265 e. The van der Waals surface area contributed by atoms with E-state index in [0.29, 0.717) is 11.1 Å². The Balaban J connectivity index is 1.42. The zero-order valence-electron chi connectivity index (χ0n) is 28.7. The topological polar surface area (TPSA) is 75.2 Å². The van der Waals surface area contributed by atoms with Gasteiger partial charge in [0.1, 0.15) is 0 Å². The lowest BCUT2D eigenvalue weighted by molar-refractivity contribution is 0.376. The number of rotatable bonds is 4. The van der Waals surface area contributed by atoms with Crippen LogP contribution >= 0.6 is 0 Å². The third-order valence-corrected chi connectivity index (χ3v) is 9.47. The first-order valence-corrected chi connectivity index (χ1v) is 16.8. The molecule has 284 valence electrons. The van der Waals surface area contributed by atoms with E-state index in [1.54, 1.807) is 0 Å². The molecule has 16 heteroatoms. The van der Waals surface area contributed by atoms with Crippen LogP contribution < -0.4 is 0 Å². The molecule has 0 aliphatic carbocycles. The van der Waals surface area contributed by atoms with Gasteiger partial charge in [0.25, 0.3) is 0 Å². The van der Waals surface area contributed by atoms with Gasteiger partial charge < -0.3 is 0 Å². The first-order chi connectivity index (χ1) is 27.9. The summed E-state index contributed by atoms with van der Waals surface area (Å²) in [4.78, 5) is 26.3. The number of nitrogens with zero attached hydrogens (tertiary/aromatic N) is 6. The van der Waals surface area contributed by atoms with Gasteiger partial charge >= 0.3 is 0 Å². The Bertz CT molecular complexity index is 2710. The summed E-state index contributed by atoms with van der Waals surface area (Å²) < 4.78 is 151.